The maximum atomic E-state index is 12.2. The maximum absolute atomic E-state index is 12.2. The molecular formula is C16H19N3O2. The van der Waals surface area contributed by atoms with E-state index in [0.29, 0.717) is 19.7 Å². The molecule has 1 aromatic carbocycles. The second-order valence-electron chi connectivity index (χ2n) is 5.39. The fourth-order valence-corrected chi connectivity index (χ4v) is 2.52. The van der Waals surface area contributed by atoms with E-state index in [0.717, 1.165) is 23.3 Å². The van der Waals surface area contributed by atoms with Crippen LogP contribution in [0, 0.1) is 12.8 Å². The summed E-state index contributed by atoms with van der Waals surface area (Å²) in [5.41, 5.74) is 2.23. The molecule has 1 aliphatic heterocycles. The van der Waals surface area contributed by atoms with Crippen molar-refractivity contribution in [3.05, 3.63) is 47.8 Å². The van der Waals surface area contributed by atoms with Crippen LogP contribution >= 0.6 is 0 Å². The van der Waals surface area contributed by atoms with E-state index in [9.17, 15) is 4.79 Å². The summed E-state index contributed by atoms with van der Waals surface area (Å²) in [6.07, 6.45) is 4.52. The smallest absolute Gasteiger partial charge is 0.226 e. The van der Waals surface area contributed by atoms with Crippen molar-refractivity contribution in [2.45, 2.75) is 19.9 Å². The number of amides is 1. The normalized spacial score (nSPS) is 16.9. The minimum Gasteiger partial charge on any atom is -0.492 e. The number of ether oxygens (including phenoxy) is 1. The molecule has 2 heterocycles. The van der Waals surface area contributed by atoms with Crippen LogP contribution in [0.1, 0.15) is 11.1 Å². The third-order valence-corrected chi connectivity index (χ3v) is 3.65. The van der Waals surface area contributed by atoms with Crippen LogP contribution in [-0.2, 0) is 17.8 Å². The summed E-state index contributed by atoms with van der Waals surface area (Å²) >= 11 is 0. The minimum atomic E-state index is -0.112. The molecular weight excluding hydrogens is 266 g/mol. The highest BCUT2D eigenvalue weighted by atomic mass is 16.5. The molecule has 1 aliphatic rings. The Morgan fingerprint density at radius 3 is 3.14 bits per heavy atom. The van der Waals surface area contributed by atoms with Gasteiger partial charge in [-0.1, -0.05) is 18.2 Å². The van der Waals surface area contributed by atoms with Gasteiger partial charge in [0, 0.05) is 12.7 Å². The minimum absolute atomic E-state index is 0.0494. The Kier molecular flexibility index (Phi) is 3.90. The summed E-state index contributed by atoms with van der Waals surface area (Å²) in [7, 11) is 0. The first kappa shape index (κ1) is 13.7. The number of carbonyl (C=O) groups excluding carboxylic acids is 1. The lowest BCUT2D eigenvalue weighted by Gasteiger charge is -2.24. The topological polar surface area (TPSA) is 56.2 Å². The van der Waals surface area contributed by atoms with Gasteiger partial charge in [-0.05, 0) is 30.5 Å². The van der Waals surface area contributed by atoms with Gasteiger partial charge < -0.3 is 10.1 Å². The number of benzene rings is 1. The highest BCUT2D eigenvalue weighted by Gasteiger charge is 2.25. The van der Waals surface area contributed by atoms with Crippen LogP contribution in [0.5, 0.6) is 5.75 Å². The van der Waals surface area contributed by atoms with Crippen LogP contribution < -0.4 is 10.1 Å². The van der Waals surface area contributed by atoms with E-state index in [2.05, 4.69) is 10.4 Å². The highest BCUT2D eigenvalue weighted by Crippen LogP contribution is 2.26. The predicted molar refractivity (Wildman–Crippen MR) is 79.1 cm³/mol. The van der Waals surface area contributed by atoms with Gasteiger partial charge in [-0.25, -0.2) is 0 Å². The third kappa shape index (κ3) is 3.24. The molecule has 1 N–H and O–H groups in total. The van der Waals surface area contributed by atoms with Crippen LogP contribution in [0.15, 0.2) is 36.7 Å². The SMILES string of the molecule is Cc1cnn(CCNC(=O)[C@@H]2COc3ccccc3C2)c1. The van der Waals surface area contributed by atoms with Gasteiger partial charge in [0.15, 0.2) is 0 Å². The fourth-order valence-electron chi connectivity index (χ4n) is 2.52. The van der Waals surface area contributed by atoms with E-state index in [1.807, 2.05) is 48.3 Å². The molecule has 0 aliphatic carbocycles. The van der Waals surface area contributed by atoms with E-state index >= 15 is 0 Å². The Hall–Kier alpha value is -2.30. The number of para-hydroxylation sites is 1. The summed E-state index contributed by atoms with van der Waals surface area (Å²) in [4.78, 5) is 12.2. The molecule has 3 rings (SSSR count). The lowest BCUT2D eigenvalue weighted by atomic mass is 9.96. The van der Waals surface area contributed by atoms with Crippen molar-refractivity contribution in [3.8, 4) is 5.75 Å². The maximum Gasteiger partial charge on any atom is 0.226 e. The van der Waals surface area contributed by atoms with Gasteiger partial charge in [-0.15, -0.1) is 0 Å². The van der Waals surface area contributed by atoms with E-state index in [1.165, 1.54) is 0 Å². The predicted octanol–water partition coefficient (Wildman–Crippen LogP) is 1.56. The zero-order chi connectivity index (χ0) is 14.7. The molecule has 1 aromatic heterocycles. The summed E-state index contributed by atoms with van der Waals surface area (Å²) in [5.74, 6) is 0.834. The number of hydrogen-bond acceptors (Lipinski definition) is 3. The van der Waals surface area contributed by atoms with E-state index in [-0.39, 0.29) is 11.8 Å². The molecule has 1 amide bonds. The lowest BCUT2D eigenvalue weighted by Crippen LogP contribution is -2.38. The second-order valence-corrected chi connectivity index (χ2v) is 5.39. The molecule has 5 nitrogen and oxygen atoms in total. The van der Waals surface area contributed by atoms with Crippen molar-refractivity contribution in [2.24, 2.45) is 5.92 Å². The molecule has 110 valence electrons. The Bertz CT molecular complexity index is 636. The van der Waals surface area contributed by atoms with Crippen LogP contribution in [0.3, 0.4) is 0 Å². The third-order valence-electron chi connectivity index (χ3n) is 3.65. The number of carbonyl (C=O) groups is 1. The molecule has 0 fully saturated rings. The van der Waals surface area contributed by atoms with Crippen molar-refractivity contribution < 1.29 is 9.53 Å². The summed E-state index contributed by atoms with van der Waals surface area (Å²) in [5, 5.41) is 7.16. The molecule has 0 unspecified atom stereocenters. The van der Waals surface area contributed by atoms with Crippen molar-refractivity contribution >= 4 is 5.91 Å². The van der Waals surface area contributed by atoms with Gasteiger partial charge in [-0.2, -0.15) is 5.10 Å². The van der Waals surface area contributed by atoms with Gasteiger partial charge in [0.2, 0.25) is 5.91 Å². The second kappa shape index (κ2) is 5.99. The molecule has 0 saturated carbocycles. The molecule has 1 atom stereocenters. The van der Waals surface area contributed by atoms with E-state index in [1.54, 1.807) is 0 Å². The molecule has 0 radical (unpaired) electrons. The van der Waals surface area contributed by atoms with Crippen LogP contribution in [0.2, 0.25) is 0 Å². The Morgan fingerprint density at radius 2 is 2.33 bits per heavy atom. The number of aryl methyl sites for hydroxylation is 1. The van der Waals surface area contributed by atoms with Crippen molar-refractivity contribution in [1.82, 2.24) is 15.1 Å². The monoisotopic (exact) mass is 285 g/mol. The number of nitrogens with one attached hydrogen (secondary N) is 1. The Labute approximate surface area is 123 Å². The van der Waals surface area contributed by atoms with Gasteiger partial charge >= 0.3 is 0 Å². The number of aromatic nitrogens is 2. The molecule has 2 aromatic rings. The first-order valence-electron chi connectivity index (χ1n) is 7.20. The van der Waals surface area contributed by atoms with Gasteiger partial charge in [0.1, 0.15) is 12.4 Å². The average molecular weight is 285 g/mol. The molecule has 0 saturated heterocycles. The Balaban J connectivity index is 1.50. The fraction of sp³-hybridized carbons (Fsp3) is 0.375. The van der Waals surface area contributed by atoms with Crippen molar-refractivity contribution in [3.63, 3.8) is 0 Å². The number of hydrogen-bond donors (Lipinski definition) is 1. The van der Waals surface area contributed by atoms with Crippen molar-refractivity contribution in [2.75, 3.05) is 13.2 Å². The number of fused-ring (bicyclic) bond motifs is 1. The standard InChI is InChI=1S/C16H19N3O2/c1-12-9-18-19(10-12)7-6-17-16(20)14-8-13-4-2-3-5-15(13)21-11-14/h2-5,9-10,14H,6-8,11H2,1H3,(H,17,20)/t14-/m0/s1. The van der Waals surface area contributed by atoms with E-state index < -0.39 is 0 Å². The zero-order valence-electron chi connectivity index (χ0n) is 12.1. The lowest BCUT2D eigenvalue weighted by molar-refractivity contribution is -0.126. The first-order chi connectivity index (χ1) is 10.2. The van der Waals surface area contributed by atoms with Crippen LogP contribution in [0.25, 0.3) is 0 Å². The molecule has 0 bridgehead atoms. The quantitative estimate of drug-likeness (QED) is 0.927. The Morgan fingerprint density at radius 1 is 1.48 bits per heavy atom. The first-order valence-corrected chi connectivity index (χ1v) is 7.20. The van der Waals surface area contributed by atoms with Gasteiger partial charge in [0.25, 0.3) is 0 Å². The largest absolute Gasteiger partial charge is 0.492 e. The molecule has 21 heavy (non-hydrogen) atoms. The number of rotatable bonds is 4. The van der Waals surface area contributed by atoms with Gasteiger partial charge in [-0.3, -0.25) is 9.48 Å². The van der Waals surface area contributed by atoms with Gasteiger partial charge in [0.05, 0.1) is 18.7 Å². The zero-order valence-corrected chi connectivity index (χ0v) is 12.1. The molecule has 5 heteroatoms. The van der Waals surface area contributed by atoms with Crippen LogP contribution in [0.4, 0.5) is 0 Å². The van der Waals surface area contributed by atoms with Crippen LogP contribution in [-0.4, -0.2) is 28.8 Å². The summed E-state index contributed by atoms with van der Waals surface area (Å²) < 4.78 is 7.48. The summed E-state index contributed by atoms with van der Waals surface area (Å²) in [6.45, 7) is 3.71. The average Bonchev–Trinajstić information content (AvgIpc) is 2.92. The summed E-state index contributed by atoms with van der Waals surface area (Å²) in [6, 6.07) is 7.89. The number of nitrogens with zero attached hydrogens (tertiary/aromatic N) is 2. The molecule has 0 spiro atoms. The van der Waals surface area contributed by atoms with E-state index in [4.69, 9.17) is 4.74 Å². The highest BCUT2D eigenvalue weighted by molar-refractivity contribution is 5.79. The van der Waals surface area contributed by atoms with Crippen molar-refractivity contribution in [1.29, 1.82) is 0 Å².